The molecule has 0 radical (unpaired) electrons. The summed E-state index contributed by atoms with van der Waals surface area (Å²) in [4.78, 5) is 6.98. The molecule has 0 saturated carbocycles. The number of guanidine groups is 1. The summed E-state index contributed by atoms with van der Waals surface area (Å²) in [7, 11) is 1.89. The molecule has 3 rings (SSSR count). The number of hydrogen-bond donors (Lipinski definition) is 1. The molecule has 2 aliphatic rings. The Morgan fingerprint density at radius 3 is 2.85 bits per heavy atom. The Kier molecular flexibility index (Phi) is 7.12. The summed E-state index contributed by atoms with van der Waals surface area (Å²) in [5.41, 5.74) is 1.23. The van der Waals surface area contributed by atoms with Crippen LogP contribution in [-0.2, 0) is 10.2 Å². The van der Waals surface area contributed by atoms with E-state index in [9.17, 15) is 0 Å². The third-order valence-corrected chi connectivity index (χ3v) is 7.29. The maximum atomic E-state index is 6.57. The van der Waals surface area contributed by atoms with Crippen LogP contribution in [0.2, 0.25) is 5.02 Å². The average molecular weight is 396 g/mol. The normalized spacial score (nSPS) is 23.7. The van der Waals surface area contributed by atoms with Gasteiger partial charge in [0.2, 0.25) is 0 Å². The van der Waals surface area contributed by atoms with Crippen molar-refractivity contribution < 1.29 is 4.74 Å². The first-order valence-electron chi connectivity index (χ1n) is 9.58. The second-order valence-electron chi connectivity index (χ2n) is 7.12. The van der Waals surface area contributed by atoms with Gasteiger partial charge in [0, 0.05) is 61.3 Å². The highest BCUT2D eigenvalue weighted by molar-refractivity contribution is 8.00. The first kappa shape index (κ1) is 19.8. The van der Waals surface area contributed by atoms with E-state index in [1.807, 2.05) is 19.2 Å². The Bertz CT molecular complexity index is 619. The fourth-order valence-electron chi connectivity index (χ4n) is 3.93. The van der Waals surface area contributed by atoms with E-state index in [4.69, 9.17) is 16.3 Å². The highest BCUT2D eigenvalue weighted by Crippen LogP contribution is 2.38. The van der Waals surface area contributed by atoms with Crippen LogP contribution in [0.25, 0.3) is 0 Å². The maximum Gasteiger partial charge on any atom is 0.193 e. The molecule has 2 fully saturated rings. The number of nitrogens with one attached hydrogen (secondary N) is 1. The van der Waals surface area contributed by atoms with Gasteiger partial charge in [0.1, 0.15) is 0 Å². The molecule has 2 aliphatic heterocycles. The molecule has 2 saturated heterocycles. The number of rotatable bonds is 4. The number of aliphatic imine (C=N–C) groups is 1. The average Bonchev–Trinajstić information content (AvgIpc) is 2.69. The summed E-state index contributed by atoms with van der Waals surface area (Å²) in [6, 6.07) is 8.25. The number of thioether (sulfide) groups is 1. The molecule has 0 amide bonds. The summed E-state index contributed by atoms with van der Waals surface area (Å²) in [6.07, 6.45) is 3.17. The molecule has 6 heteroatoms. The van der Waals surface area contributed by atoms with Gasteiger partial charge in [-0.15, -0.1) is 0 Å². The molecular weight excluding hydrogens is 366 g/mol. The Balaban J connectivity index is 1.74. The molecule has 0 bridgehead atoms. The van der Waals surface area contributed by atoms with Crippen molar-refractivity contribution in [2.45, 2.75) is 36.9 Å². The Morgan fingerprint density at radius 1 is 1.38 bits per heavy atom. The van der Waals surface area contributed by atoms with E-state index in [0.717, 1.165) is 56.7 Å². The van der Waals surface area contributed by atoms with Crippen molar-refractivity contribution in [3.63, 3.8) is 0 Å². The van der Waals surface area contributed by atoms with E-state index in [1.54, 1.807) is 0 Å². The smallest absolute Gasteiger partial charge is 0.193 e. The minimum atomic E-state index is 0.00122. The lowest BCUT2D eigenvalue weighted by molar-refractivity contribution is 0.0512. The van der Waals surface area contributed by atoms with E-state index in [-0.39, 0.29) is 5.41 Å². The largest absolute Gasteiger partial charge is 0.381 e. The second kappa shape index (κ2) is 9.34. The molecule has 1 N–H and O–H groups in total. The molecule has 1 aromatic rings. The number of hydrogen-bond acceptors (Lipinski definition) is 3. The fourth-order valence-corrected chi connectivity index (χ4v) is 5.45. The van der Waals surface area contributed by atoms with Gasteiger partial charge in [0.25, 0.3) is 0 Å². The minimum absolute atomic E-state index is 0.00122. The van der Waals surface area contributed by atoms with Crippen molar-refractivity contribution in [3.8, 4) is 0 Å². The molecule has 0 spiro atoms. The van der Waals surface area contributed by atoms with E-state index in [1.165, 1.54) is 17.7 Å². The van der Waals surface area contributed by atoms with Gasteiger partial charge in [-0.25, -0.2) is 0 Å². The summed E-state index contributed by atoms with van der Waals surface area (Å²) in [5.74, 6) is 2.18. The molecule has 1 atom stereocenters. The molecule has 144 valence electrons. The van der Waals surface area contributed by atoms with Crippen molar-refractivity contribution in [2.24, 2.45) is 4.99 Å². The standard InChI is InChI=1S/C20H30ClN3OS/c1-3-16-14-24(10-13-26-16)19(22-2)23-15-20(8-11-25-12-9-20)17-6-4-5-7-18(17)21/h4-7,16H,3,8-15H2,1-2H3,(H,22,23). The van der Waals surface area contributed by atoms with Gasteiger partial charge in [-0.2, -0.15) is 11.8 Å². The van der Waals surface area contributed by atoms with Crippen molar-refractivity contribution in [2.75, 3.05) is 45.6 Å². The first-order chi connectivity index (χ1) is 12.7. The monoisotopic (exact) mass is 395 g/mol. The summed E-state index contributed by atoms with van der Waals surface area (Å²) < 4.78 is 5.65. The van der Waals surface area contributed by atoms with Crippen molar-refractivity contribution in [1.29, 1.82) is 0 Å². The van der Waals surface area contributed by atoms with Crippen LogP contribution < -0.4 is 5.32 Å². The third-order valence-electron chi connectivity index (χ3n) is 5.59. The van der Waals surface area contributed by atoms with Gasteiger partial charge in [0.05, 0.1) is 0 Å². The van der Waals surface area contributed by atoms with Crippen LogP contribution in [0.3, 0.4) is 0 Å². The van der Waals surface area contributed by atoms with E-state index in [0.29, 0.717) is 5.25 Å². The fraction of sp³-hybridized carbons (Fsp3) is 0.650. The number of ether oxygens (including phenoxy) is 1. The van der Waals surface area contributed by atoms with E-state index >= 15 is 0 Å². The Morgan fingerprint density at radius 2 is 2.15 bits per heavy atom. The number of halogens is 1. The number of nitrogens with zero attached hydrogens (tertiary/aromatic N) is 2. The lowest BCUT2D eigenvalue weighted by atomic mass is 9.74. The van der Waals surface area contributed by atoms with Gasteiger partial charge in [-0.3, -0.25) is 4.99 Å². The topological polar surface area (TPSA) is 36.9 Å². The van der Waals surface area contributed by atoms with Crippen LogP contribution in [0.4, 0.5) is 0 Å². The predicted molar refractivity (Wildman–Crippen MR) is 113 cm³/mol. The molecule has 0 aromatic heterocycles. The summed E-state index contributed by atoms with van der Waals surface area (Å²) >= 11 is 8.65. The van der Waals surface area contributed by atoms with Gasteiger partial charge in [-0.1, -0.05) is 36.7 Å². The van der Waals surface area contributed by atoms with Crippen molar-refractivity contribution in [1.82, 2.24) is 10.2 Å². The van der Waals surface area contributed by atoms with Gasteiger partial charge < -0.3 is 15.0 Å². The quantitative estimate of drug-likeness (QED) is 0.621. The van der Waals surface area contributed by atoms with E-state index in [2.05, 4.69) is 46.0 Å². The first-order valence-corrected chi connectivity index (χ1v) is 11.0. The van der Waals surface area contributed by atoms with Crippen molar-refractivity contribution >= 4 is 29.3 Å². The highest BCUT2D eigenvalue weighted by atomic mass is 35.5. The van der Waals surface area contributed by atoms with Crippen LogP contribution in [0, 0.1) is 0 Å². The zero-order chi connectivity index (χ0) is 18.4. The lowest BCUT2D eigenvalue weighted by Crippen LogP contribution is -2.52. The maximum absolute atomic E-state index is 6.57. The Hall–Kier alpha value is -0.910. The van der Waals surface area contributed by atoms with Crippen molar-refractivity contribution in [3.05, 3.63) is 34.9 Å². The molecule has 1 aromatic carbocycles. The van der Waals surface area contributed by atoms with E-state index < -0.39 is 0 Å². The van der Waals surface area contributed by atoms with Crippen LogP contribution in [0.15, 0.2) is 29.3 Å². The van der Waals surface area contributed by atoms with Crippen LogP contribution >= 0.6 is 23.4 Å². The SMILES string of the molecule is CCC1CN(C(=NC)NCC2(c3ccccc3Cl)CCOCC2)CCS1. The molecule has 4 nitrogen and oxygen atoms in total. The van der Waals surface area contributed by atoms with Crippen LogP contribution in [0.5, 0.6) is 0 Å². The molecule has 26 heavy (non-hydrogen) atoms. The second-order valence-corrected chi connectivity index (χ2v) is 8.94. The molecule has 1 unspecified atom stereocenters. The van der Waals surface area contributed by atoms with Gasteiger partial charge in [-0.05, 0) is 30.9 Å². The third kappa shape index (κ3) is 4.49. The lowest BCUT2D eigenvalue weighted by Gasteiger charge is -2.40. The molecule has 2 heterocycles. The van der Waals surface area contributed by atoms with Crippen LogP contribution in [-0.4, -0.2) is 61.8 Å². The van der Waals surface area contributed by atoms with Crippen LogP contribution in [0.1, 0.15) is 31.7 Å². The van der Waals surface area contributed by atoms with Gasteiger partial charge in [0.15, 0.2) is 5.96 Å². The summed E-state index contributed by atoms with van der Waals surface area (Å²) in [6.45, 7) is 6.80. The zero-order valence-electron chi connectivity index (χ0n) is 15.8. The van der Waals surface area contributed by atoms with Gasteiger partial charge >= 0.3 is 0 Å². The zero-order valence-corrected chi connectivity index (χ0v) is 17.4. The molecular formula is C20H30ClN3OS. The minimum Gasteiger partial charge on any atom is -0.381 e. The Labute approximate surface area is 166 Å². The summed E-state index contributed by atoms with van der Waals surface area (Å²) in [5, 5.41) is 5.22. The molecule has 0 aliphatic carbocycles. The highest BCUT2D eigenvalue weighted by Gasteiger charge is 2.36. The number of benzene rings is 1. The predicted octanol–water partition coefficient (Wildman–Crippen LogP) is 3.79.